The van der Waals surface area contributed by atoms with Gasteiger partial charge in [0.05, 0.1) is 5.56 Å². The van der Waals surface area contributed by atoms with Crippen LogP contribution in [0.3, 0.4) is 0 Å². The van der Waals surface area contributed by atoms with Gasteiger partial charge in [-0.25, -0.2) is 0 Å². The lowest BCUT2D eigenvalue weighted by atomic mass is 10.0. The predicted molar refractivity (Wildman–Crippen MR) is 79.0 cm³/mol. The number of phenols is 1. The molecule has 0 aliphatic heterocycles. The standard InChI is InChI=1S/C17H16O3/c1-11-7-8-14(15(18)9-11)17(20)10-16(19)13-6-4-3-5-12(13)2/h3-10,18,20H,1-2H3. The van der Waals surface area contributed by atoms with Gasteiger partial charge in [0.2, 0.25) is 0 Å². The second-order valence-corrected chi connectivity index (χ2v) is 4.73. The highest BCUT2D eigenvalue weighted by molar-refractivity contribution is 6.08. The number of phenolic OH excluding ortho intramolecular Hbond substituents is 1. The van der Waals surface area contributed by atoms with Gasteiger partial charge in [-0.05, 0) is 37.1 Å². The Morgan fingerprint density at radius 2 is 1.75 bits per heavy atom. The number of hydrogen-bond donors (Lipinski definition) is 2. The molecule has 0 aromatic heterocycles. The highest BCUT2D eigenvalue weighted by Gasteiger charge is 2.11. The highest BCUT2D eigenvalue weighted by atomic mass is 16.3. The van der Waals surface area contributed by atoms with E-state index in [4.69, 9.17) is 0 Å². The van der Waals surface area contributed by atoms with Crippen LogP contribution in [0.5, 0.6) is 5.75 Å². The third kappa shape index (κ3) is 2.88. The van der Waals surface area contributed by atoms with Crippen LogP contribution in [0, 0.1) is 13.8 Å². The molecule has 0 amide bonds. The van der Waals surface area contributed by atoms with Crippen molar-refractivity contribution < 1.29 is 15.0 Å². The molecule has 3 heteroatoms. The minimum absolute atomic E-state index is 0.0451. The third-order valence-electron chi connectivity index (χ3n) is 3.11. The van der Waals surface area contributed by atoms with E-state index < -0.39 is 0 Å². The quantitative estimate of drug-likeness (QED) is 0.506. The molecule has 2 rings (SSSR count). The molecule has 0 aliphatic rings. The number of carbonyl (C=O) groups excluding carboxylic acids is 1. The fraction of sp³-hybridized carbons (Fsp3) is 0.118. The first-order valence-corrected chi connectivity index (χ1v) is 6.29. The molecule has 2 aromatic carbocycles. The monoisotopic (exact) mass is 268 g/mol. The Balaban J connectivity index is 2.35. The molecular formula is C17H16O3. The topological polar surface area (TPSA) is 57.5 Å². The van der Waals surface area contributed by atoms with Crippen molar-refractivity contribution in [2.45, 2.75) is 13.8 Å². The van der Waals surface area contributed by atoms with E-state index in [0.717, 1.165) is 17.2 Å². The van der Waals surface area contributed by atoms with Gasteiger partial charge in [0.1, 0.15) is 11.5 Å². The van der Waals surface area contributed by atoms with Crippen LogP contribution in [0.4, 0.5) is 0 Å². The van der Waals surface area contributed by atoms with Gasteiger partial charge in [-0.2, -0.15) is 0 Å². The average Bonchev–Trinajstić information content (AvgIpc) is 2.38. The van der Waals surface area contributed by atoms with E-state index in [-0.39, 0.29) is 22.9 Å². The van der Waals surface area contributed by atoms with Crippen molar-refractivity contribution in [1.82, 2.24) is 0 Å². The number of benzene rings is 2. The average molecular weight is 268 g/mol. The Bertz CT molecular complexity index is 684. The Morgan fingerprint density at radius 3 is 2.40 bits per heavy atom. The van der Waals surface area contributed by atoms with Crippen molar-refractivity contribution >= 4 is 11.5 Å². The van der Waals surface area contributed by atoms with Crippen molar-refractivity contribution in [2.75, 3.05) is 0 Å². The zero-order chi connectivity index (χ0) is 14.7. The number of allylic oxidation sites excluding steroid dienone is 1. The molecule has 0 fully saturated rings. The molecule has 0 unspecified atom stereocenters. The fourth-order valence-electron chi connectivity index (χ4n) is 1.99. The van der Waals surface area contributed by atoms with E-state index in [1.165, 1.54) is 6.07 Å². The van der Waals surface area contributed by atoms with E-state index in [2.05, 4.69) is 0 Å². The van der Waals surface area contributed by atoms with Crippen molar-refractivity contribution in [3.05, 3.63) is 70.8 Å². The summed E-state index contributed by atoms with van der Waals surface area (Å²) in [7, 11) is 0. The second kappa shape index (κ2) is 5.61. The summed E-state index contributed by atoms with van der Waals surface area (Å²) >= 11 is 0. The lowest BCUT2D eigenvalue weighted by Crippen LogP contribution is -1.99. The van der Waals surface area contributed by atoms with Crippen LogP contribution in [-0.4, -0.2) is 16.0 Å². The van der Waals surface area contributed by atoms with E-state index in [9.17, 15) is 15.0 Å². The second-order valence-electron chi connectivity index (χ2n) is 4.73. The number of aliphatic hydroxyl groups is 1. The summed E-state index contributed by atoms with van der Waals surface area (Å²) in [6.07, 6.45) is 1.13. The number of carbonyl (C=O) groups is 1. The molecule has 0 spiro atoms. The van der Waals surface area contributed by atoms with Gasteiger partial charge in [-0.1, -0.05) is 30.3 Å². The number of hydrogen-bond acceptors (Lipinski definition) is 3. The molecule has 2 N–H and O–H groups in total. The highest BCUT2D eigenvalue weighted by Crippen LogP contribution is 2.25. The van der Waals surface area contributed by atoms with Crippen molar-refractivity contribution in [3.63, 3.8) is 0 Å². The predicted octanol–water partition coefficient (Wildman–Crippen LogP) is 3.79. The summed E-state index contributed by atoms with van der Waals surface area (Å²) in [6, 6.07) is 12.0. The van der Waals surface area contributed by atoms with Gasteiger partial charge >= 0.3 is 0 Å². The molecule has 2 aromatic rings. The molecule has 102 valence electrons. The molecule has 0 aliphatic carbocycles. The van der Waals surface area contributed by atoms with Crippen molar-refractivity contribution in [2.24, 2.45) is 0 Å². The maximum atomic E-state index is 12.1. The number of ketones is 1. The first-order chi connectivity index (χ1) is 9.49. The first kappa shape index (κ1) is 13.9. The summed E-state index contributed by atoms with van der Waals surface area (Å²) in [5, 5.41) is 19.8. The summed E-state index contributed by atoms with van der Waals surface area (Å²) in [5.74, 6) is -0.576. The van der Waals surface area contributed by atoms with Crippen LogP contribution in [0.1, 0.15) is 27.0 Å². The smallest absolute Gasteiger partial charge is 0.189 e. The van der Waals surface area contributed by atoms with E-state index in [0.29, 0.717) is 5.56 Å². The molecule has 0 saturated carbocycles. The fourth-order valence-corrected chi connectivity index (χ4v) is 1.99. The normalized spacial score (nSPS) is 11.4. The van der Waals surface area contributed by atoms with Gasteiger partial charge in [0, 0.05) is 11.6 Å². The van der Waals surface area contributed by atoms with Gasteiger partial charge in [0.15, 0.2) is 5.78 Å². The zero-order valence-corrected chi connectivity index (χ0v) is 11.4. The Labute approximate surface area is 117 Å². The number of aliphatic hydroxyl groups excluding tert-OH is 1. The van der Waals surface area contributed by atoms with E-state index in [1.807, 2.05) is 26.0 Å². The van der Waals surface area contributed by atoms with Crippen LogP contribution < -0.4 is 0 Å². The number of aryl methyl sites for hydroxylation is 2. The lowest BCUT2D eigenvalue weighted by molar-refractivity contribution is 0.104. The number of rotatable bonds is 3. The summed E-state index contributed by atoms with van der Waals surface area (Å²) in [6.45, 7) is 3.67. The molecular weight excluding hydrogens is 252 g/mol. The Morgan fingerprint density at radius 1 is 1.05 bits per heavy atom. The first-order valence-electron chi connectivity index (χ1n) is 6.29. The van der Waals surface area contributed by atoms with Crippen molar-refractivity contribution in [1.29, 1.82) is 0 Å². The molecule has 0 heterocycles. The molecule has 0 bridgehead atoms. The van der Waals surface area contributed by atoms with Gasteiger partial charge in [-0.3, -0.25) is 4.79 Å². The minimum atomic E-state index is -0.291. The van der Waals surface area contributed by atoms with Gasteiger partial charge in [0.25, 0.3) is 0 Å². The summed E-state index contributed by atoms with van der Waals surface area (Å²) in [4.78, 5) is 12.1. The summed E-state index contributed by atoms with van der Waals surface area (Å²) in [5.41, 5.74) is 2.50. The molecule has 20 heavy (non-hydrogen) atoms. The van der Waals surface area contributed by atoms with Crippen LogP contribution in [-0.2, 0) is 0 Å². The van der Waals surface area contributed by atoms with Crippen LogP contribution >= 0.6 is 0 Å². The summed E-state index contributed by atoms with van der Waals surface area (Å²) < 4.78 is 0. The zero-order valence-electron chi connectivity index (χ0n) is 11.4. The SMILES string of the molecule is Cc1ccc(C(O)=CC(=O)c2ccccc2C)c(O)c1. The minimum Gasteiger partial charge on any atom is -0.507 e. The lowest BCUT2D eigenvalue weighted by Gasteiger charge is -2.05. The van der Waals surface area contributed by atoms with Gasteiger partial charge in [-0.15, -0.1) is 0 Å². The van der Waals surface area contributed by atoms with Crippen LogP contribution in [0.2, 0.25) is 0 Å². The molecule has 0 atom stereocenters. The van der Waals surface area contributed by atoms with E-state index in [1.54, 1.807) is 24.3 Å². The van der Waals surface area contributed by atoms with Gasteiger partial charge < -0.3 is 10.2 Å². The third-order valence-corrected chi connectivity index (χ3v) is 3.11. The Hall–Kier alpha value is -2.55. The van der Waals surface area contributed by atoms with E-state index >= 15 is 0 Å². The largest absolute Gasteiger partial charge is 0.507 e. The maximum absolute atomic E-state index is 12.1. The Kier molecular flexibility index (Phi) is 3.89. The van der Waals surface area contributed by atoms with Crippen molar-refractivity contribution in [3.8, 4) is 5.75 Å². The molecule has 0 saturated heterocycles. The molecule has 3 nitrogen and oxygen atoms in total. The number of aromatic hydroxyl groups is 1. The van der Waals surface area contributed by atoms with Crippen LogP contribution in [0.15, 0.2) is 48.5 Å². The maximum Gasteiger partial charge on any atom is 0.189 e. The molecule has 0 radical (unpaired) electrons. The van der Waals surface area contributed by atoms with Crippen LogP contribution in [0.25, 0.3) is 5.76 Å².